The van der Waals surface area contributed by atoms with Crippen LogP contribution >= 0.6 is 0 Å². The predicted molar refractivity (Wildman–Crippen MR) is 98.2 cm³/mol. The molecule has 0 spiro atoms. The van der Waals surface area contributed by atoms with E-state index >= 15 is 0 Å². The molecule has 0 aromatic heterocycles. The maximum Gasteiger partial charge on any atom is 0.338 e. The Morgan fingerprint density at radius 3 is 2.27 bits per heavy atom. The number of aryl methyl sites for hydroxylation is 1. The first-order valence-electron chi connectivity index (χ1n) is 8.29. The topological polar surface area (TPSA) is 88.3 Å². The van der Waals surface area contributed by atoms with Crippen molar-refractivity contribution in [2.75, 3.05) is 0 Å². The molecule has 0 bridgehead atoms. The smallest absolute Gasteiger partial charge is 0.338 e. The van der Waals surface area contributed by atoms with Gasteiger partial charge < -0.3 is 9.84 Å². The van der Waals surface area contributed by atoms with Gasteiger partial charge in [-0.25, -0.2) is 4.79 Å². The van der Waals surface area contributed by atoms with Gasteiger partial charge in [-0.1, -0.05) is 18.2 Å². The number of carboxylic acids is 1. The first-order valence-corrected chi connectivity index (χ1v) is 8.29. The summed E-state index contributed by atoms with van der Waals surface area (Å²) in [6.07, 6.45) is 0.430. The van der Waals surface area contributed by atoms with E-state index < -0.39 is 11.6 Å². The first kappa shape index (κ1) is 19.3. The zero-order valence-electron chi connectivity index (χ0n) is 15.1. The monoisotopic (exact) mass is 354 g/mol. The van der Waals surface area contributed by atoms with Crippen molar-refractivity contribution in [3.8, 4) is 0 Å². The van der Waals surface area contributed by atoms with Gasteiger partial charge in [-0.05, 0) is 63.1 Å². The van der Waals surface area contributed by atoms with Crippen molar-refractivity contribution in [1.29, 1.82) is 0 Å². The number of carbonyl (C=O) groups excluding carboxylic acids is 1. The summed E-state index contributed by atoms with van der Waals surface area (Å²) in [5.41, 5.74) is 1.94. The first-order chi connectivity index (χ1) is 12.2. The van der Waals surface area contributed by atoms with E-state index in [0.29, 0.717) is 23.4 Å². The summed E-state index contributed by atoms with van der Waals surface area (Å²) < 4.78 is 5.31. The number of hydrogen-bond donors (Lipinski definition) is 1. The van der Waals surface area contributed by atoms with E-state index in [4.69, 9.17) is 9.84 Å². The molecule has 1 N–H and O–H groups in total. The Hall–Kier alpha value is -3.02. The summed E-state index contributed by atoms with van der Waals surface area (Å²) in [6.45, 7) is 5.44. The molecule has 26 heavy (non-hydrogen) atoms. The third kappa shape index (κ3) is 6.12. The molecule has 0 radical (unpaired) electrons. The predicted octanol–water partition coefficient (Wildman–Crippen LogP) is 5.07. The SMILES string of the molecule is CC(C)(C)OC(=O)c1ccc(/N=N/c2ccccc2CCC(=O)O)cc1. The number of hydrogen-bond acceptors (Lipinski definition) is 5. The molecule has 2 aromatic rings. The van der Waals surface area contributed by atoms with Crippen molar-refractivity contribution in [2.24, 2.45) is 10.2 Å². The number of benzene rings is 2. The molecule has 2 rings (SSSR count). The molecule has 0 atom stereocenters. The minimum atomic E-state index is -0.852. The van der Waals surface area contributed by atoms with Crippen molar-refractivity contribution >= 4 is 23.3 Å². The number of azo groups is 1. The van der Waals surface area contributed by atoms with Gasteiger partial charge in [0.15, 0.2) is 0 Å². The van der Waals surface area contributed by atoms with Gasteiger partial charge in [0.05, 0.1) is 16.9 Å². The lowest BCUT2D eigenvalue weighted by molar-refractivity contribution is -0.136. The van der Waals surface area contributed by atoms with E-state index in [0.717, 1.165) is 5.56 Å². The number of aliphatic carboxylic acids is 1. The molecule has 0 aliphatic heterocycles. The summed E-state index contributed by atoms with van der Waals surface area (Å²) in [5.74, 6) is -1.24. The fourth-order valence-electron chi connectivity index (χ4n) is 2.17. The molecule has 6 nitrogen and oxygen atoms in total. The zero-order chi connectivity index (χ0) is 19.2. The van der Waals surface area contributed by atoms with Gasteiger partial charge in [0.1, 0.15) is 5.60 Å². The van der Waals surface area contributed by atoms with Crippen LogP contribution in [-0.2, 0) is 16.0 Å². The molecule has 0 amide bonds. The number of carbonyl (C=O) groups is 2. The average Bonchev–Trinajstić information content (AvgIpc) is 2.57. The van der Waals surface area contributed by atoms with Crippen LogP contribution in [0, 0.1) is 0 Å². The van der Waals surface area contributed by atoms with Crippen LogP contribution in [0.4, 0.5) is 11.4 Å². The summed E-state index contributed by atoms with van der Waals surface area (Å²) in [5, 5.41) is 17.2. The highest BCUT2D eigenvalue weighted by atomic mass is 16.6. The third-order valence-electron chi connectivity index (χ3n) is 3.37. The Labute approximate surface area is 152 Å². The van der Waals surface area contributed by atoms with Gasteiger partial charge in [0, 0.05) is 6.42 Å². The molecule has 0 aliphatic rings. The van der Waals surface area contributed by atoms with Crippen molar-refractivity contribution < 1.29 is 19.4 Å². The molecular weight excluding hydrogens is 332 g/mol. The highest BCUT2D eigenvalue weighted by Crippen LogP contribution is 2.24. The standard InChI is InChI=1S/C20H22N2O4/c1-20(2,3)26-19(25)15-8-11-16(12-9-15)21-22-17-7-5-4-6-14(17)10-13-18(23)24/h4-9,11-12H,10,13H2,1-3H3,(H,23,24)/b22-21+. The maximum atomic E-state index is 12.0. The number of carboxylic acid groups (broad SMARTS) is 1. The lowest BCUT2D eigenvalue weighted by atomic mass is 10.1. The van der Waals surface area contributed by atoms with Crippen molar-refractivity contribution in [3.63, 3.8) is 0 Å². The third-order valence-corrected chi connectivity index (χ3v) is 3.37. The summed E-state index contributed by atoms with van der Waals surface area (Å²) >= 11 is 0. The van der Waals surface area contributed by atoms with Crippen molar-refractivity contribution in [2.45, 2.75) is 39.2 Å². The molecular formula is C20H22N2O4. The molecule has 0 saturated carbocycles. The van der Waals surface area contributed by atoms with Crippen molar-refractivity contribution in [1.82, 2.24) is 0 Å². The Morgan fingerprint density at radius 2 is 1.65 bits per heavy atom. The second-order valence-corrected chi connectivity index (χ2v) is 6.77. The van der Waals surface area contributed by atoms with Crippen LogP contribution in [0.2, 0.25) is 0 Å². The molecule has 0 unspecified atom stereocenters. The lowest BCUT2D eigenvalue weighted by Gasteiger charge is -2.19. The number of nitrogens with zero attached hydrogens (tertiary/aromatic N) is 2. The maximum absolute atomic E-state index is 12.0. The van der Waals surface area contributed by atoms with Crippen LogP contribution < -0.4 is 0 Å². The summed E-state index contributed by atoms with van der Waals surface area (Å²) in [4.78, 5) is 22.7. The normalized spacial score (nSPS) is 11.5. The largest absolute Gasteiger partial charge is 0.481 e. The second kappa shape index (κ2) is 8.38. The van der Waals surface area contributed by atoms with Gasteiger partial charge in [0.2, 0.25) is 0 Å². The average molecular weight is 354 g/mol. The Morgan fingerprint density at radius 1 is 1.00 bits per heavy atom. The van der Waals surface area contributed by atoms with E-state index in [1.54, 1.807) is 30.3 Å². The van der Waals surface area contributed by atoms with Crippen LogP contribution in [0.25, 0.3) is 0 Å². The molecule has 0 aliphatic carbocycles. The number of esters is 1. The van der Waals surface area contributed by atoms with Crippen LogP contribution in [-0.4, -0.2) is 22.6 Å². The molecule has 6 heteroatoms. The van der Waals surface area contributed by atoms with Gasteiger partial charge in [-0.15, -0.1) is 0 Å². The minimum Gasteiger partial charge on any atom is -0.481 e. The molecule has 0 saturated heterocycles. The highest BCUT2D eigenvalue weighted by Gasteiger charge is 2.17. The Kier molecular flexibility index (Phi) is 6.22. The second-order valence-electron chi connectivity index (χ2n) is 6.77. The Balaban J connectivity index is 2.09. The highest BCUT2D eigenvalue weighted by molar-refractivity contribution is 5.90. The fourth-order valence-corrected chi connectivity index (χ4v) is 2.17. The van der Waals surface area contributed by atoms with Gasteiger partial charge in [-0.2, -0.15) is 10.2 Å². The minimum absolute atomic E-state index is 0.0388. The van der Waals surface area contributed by atoms with E-state index in [1.165, 1.54) is 0 Å². The summed E-state index contributed by atoms with van der Waals surface area (Å²) in [7, 11) is 0. The quantitative estimate of drug-likeness (QED) is 0.579. The van der Waals surface area contributed by atoms with Gasteiger partial charge in [0.25, 0.3) is 0 Å². The van der Waals surface area contributed by atoms with Crippen molar-refractivity contribution in [3.05, 3.63) is 59.7 Å². The Bertz CT molecular complexity index is 805. The molecule has 136 valence electrons. The summed E-state index contributed by atoms with van der Waals surface area (Å²) in [6, 6.07) is 13.9. The van der Waals surface area contributed by atoms with E-state index in [1.807, 2.05) is 39.0 Å². The lowest BCUT2D eigenvalue weighted by Crippen LogP contribution is -2.23. The van der Waals surface area contributed by atoms with Crippen LogP contribution in [0.5, 0.6) is 0 Å². The number of ether oxygens (including phenoxy) is 1. The van der Waals surface area contributed by atoms with Gasteiger partial charge in [-0.3, -0.25) is 4.79 Å². The molecule has 0 fully saturated rings. The molecule has 2 aromatic carbocycles. The van der Waals surface area contributed by atoms with E-state index in [-0.39, 0.29) is 12.4 Å². The zero-order valence-corrected chi connectivity index (χ0v) is 15.1. The molecule has 0 heterocycles. The van der Waals surface area contributed by atoms with Crippen LogP contribution in [0.3, 0.4) is 0 Å². The van der Waals surface area contributed by atoms with Crippen LogP contribution in [0.15, 0.2) is 58.8 Å². The van der Waals surface area contributed by atoms with Crippen LogP contribution in [0.1, 0.15) is 43.1 Å². The fraction of sp³-hybridized carbons (Fsp3) is 0.300. The van der Waals surface area contributed by atoms with E-state index in [9.17, 15) is 9.59 Å². The number of rotatable bonds is 6. The van der Waals surface area contributed by atoms with E-state index in [2.05, 4.69) is 10.2 Å². The van der Waals surface area contributed by atoms with Gasteiger partial charge >= 0.3 is 11.9 Å².